The van der Waals surface area contributed by atoms with Crippen LogP contribution in [-0.2, 0) is 14.8 Å². The first-order valence-corrected chi connectivity index (χ1v) is 18.1. The van der Waals surface area contributed by atoms with Crippen LogP contribution in [0.15, 0.2) is 51.9 Å². The van der Waals surface area contributed by atoms with Crippen molar-refractivity contribution in [3.8, 4) is 5.75 Å². The Bertz CT molecular complexity index is 1670. The number of aliphatic hydroxyl groups excluding tert-OH is 1. The number of benzene rings is 2. The molecule has 1 aliphatic rings. The van der Waals surface area contributed by atoms with Crippen molar-refractivity contribution in [3.63, 3.8) is 0 Å². The summed E-state index contributed by atoms with van der Waals surface area (Å²) in [4.78, 5) is 30.7. The third-order valence-corrected chi connectivity index (χ3v) is 10.1. The van der Waals surface area contributed by atoms with E-state index >= 15 is 0 Å². The van der Waals surface area contributed by atoms with Gasteiger partial charge in [-0.05, 0) is 84.2 Å². The number of fused-ring (bicyclic) bond motifs is 1. The van der Waals surface area contributed by atoms with Crippen LogP contribution in [0.25, 0.3) is 0 Å². The van der Waals surface area contributed by atoms with Gasteiger partial charge in [0.05, 0.1) is 35.3 Å². The Kier molecular flexibility index (Phi) is 12.7. The van der Waals surface area contributed by atoms with Gasteiger partial charge in [0, 0.05) is 38.3 Å². The van der Waals surface area contributed by atoms with Crippen molar-refractivity contribution < 1.29 is 37.1 Å². The Balaban J connectivity index is 1.63. The number of nitrogens with one attached hydrogen (secondary N) is 2. The fraction of sp³-hybridized carbons (Fsp3) is 0.514. The number of anilines is 2. The molecule has 0 aliphatic carbocycles. The van der Waals surface area contributed by atoms with Crippen LogP contribution in [0.2, 0.25) is 0 Å². The van der Waals surface area contributed by atoms with E-state index in [9.17, 15) is 23.1 Å². The molecule has 0 fully saturated rings. The first kappa shape index (κ1) is 37.7. The minimum absolute atomic E-state index is 0.0927. The van der Waals surface area contributed by atoms with Gasteiger partial charge in [-0.1, -0.05) is 29.8 Å². The fourth-order valence-electron chi connectivity index (χ4n) is 5.60. The maximum Gasteiger partial charge on any atom is 0.321 e. The molecule has 0 saturated carbocycles. The van der Waals surface area contributed by atoms with Gasteiger partial charge in [0.25, 0.3) is 15.9 Å². The molecule has 3 N–H and O–H groups in total. The molecule has 0 spiro atoms. The van der Waals surface area contributed by atoms with E-state index in [1.807, 2.05) is 20.8 Å². The number of nitrogens with zero attached hydrogens (tertiary/aromatic N) is 3. The molecule has 268 valence electrons. The third kappa shape index (κ3) is 9.73. The van der Waals surface area contributed by atoms with E-state index in [2.05, 4.69) is 15.2 Å². The first-order chi connectivity index (χ1) is 23.2. The summed E-state index contributed by atoms with van der Waals surface area (Å²) in [7, 11) is -2.27. The number of sulfonamides is 1. The maximum atomic E-state index is 14.4. The molecular formula is C35H49N5O8S. The van der Waals surface area contributed by atoms with Crippen molar-refractivity contribution in [2.24, 2.45) is 5.92 Å². The van der Waals surface area contributed by atoms with E-state index < -0.39 is 28.1 Å². The lowest BCUT2D eigenvalue weighted by atomic mass is 10.0. The van der Waals surface area contributed by atoms with Crippen molar-refractivity contribution in [2.45, 2.75) is 84.0 Å². The average molecular weight is 700 g/mol. The highest BCUT2D eigenvalue weighted by molar-refractivity contribution is 7.92. The van der Waals surface area contributed by atoms with Gasteiger partial charge in [-0.25, -0.2) is 13.2 Å². The predicted octanol–water partition coefficient (Wildman–Crippen LogP) is 5.36. The van der Waals surface area contributed by atoms with E-state index in [4.69, 9.17) is 14.0 Å². The highest BCUT2D eigenvalue weighted by Crippen LogP contribution is 2.30. The van der Waals surface area contributed by atoms with Crippen molar-refractivity contribution >= 4 is 33.3 Å². The summed E-state index contributed by atoms with van der Waals surface area (Å²) in [6.07, 6.45) is 1.55. The highest BCUT2D eigenvalue weighted by atomic mass is 32.2. The molecule has 0 saturated heterocycles. The Morgan fingerprint density at radius 2 is 1.84 bits per heavy atom. The van der Waals surface area contributed by atoms with Gasteiger partial charge >= 0.3 is 6.03 Å². The number of hydrogen-bond acceptors (Lipinski definition) is 9. The van der Waals surface area contributed by atoms with E-state index in [1.165, 1.54) is 23.1 Å². The number of amides is 3. The number of likely N-dealkylation sites (N-methyl/N-ethyl adjacent to an activating group) is 1. The number of hydrogen-bond donors (Lipinski definition) is 3. The fourth-order valence-corrected chi connectivity index (χ4v) is 6.65. The van der Waals surface area contributed by atoms with Gasteiger partial charge in [0.2, 0.25) is 0 Å². The quantitative estimate of drug-likeness (QED) is 0.281. The number of urea groups is 1. The van der Waals surface area contributed by atoms with Crippen LogP contribution in [0.1, 0.15) is 67.4 Å². The second-order valence-electron chi connectivity index (χ2n) is 12.9. The number of ether oxygens (including phenoxy) is 2. The average Bonchev–Trinajstić information content (AvgIpc) is 3.38. The van der Waals surface area contributed by atoms with Gasteiger partial charge in [0.15, 0.2) is 5.76 Å². The number of carbonyl (C=O) groups excluding carboxylic acids is 2. The summed E-state index contributed by atoms with van der Waals surface area (Å²) in [5, 5.41) is 17.0. The Morgan fingerprint density at radius 3 is 2.49 bits per heavy atom. The lowest BCUT2D eigenvalue weighted by molar-refractivity contribution is -0.0115. The van der Waals surface area contributed by atoms with Gasteiger partial charge in [-0.3, -0.25) is 9.52 Å². The molecule has 2 aromatic carbocycles. The molecule has 1 aromatic heterocycles. The monoisotopic (exact) mass is 699 g/mol. The molecule has 2 heterocycles. The first-order valence-electron chi connectivity index (χ1n) is 16.6. The molecule has 0 unspecified atom stereocenters. The van der Waals surface area contributed by atoms with Crippen LogP contribution >= 0.6 is 0 Å². The molecule has 4 atom stereocenters. The number of carbonyl (C=O) groups is 2. The summed E-state index contributed by atoms with van der Waals surface area (Å²) < 4.78 is 46.8. The van der Waals surface area contributed by atoms with Crippen LogP contribution in [0.3, 0.4) is 0 Å². The number of aliphatic hydroxyl groups is 1. The zero-order chi connectivity index (χ0) is 35.9. The molecule has 4 rings (SSSR count). The molecule has 0 bridgehead atoms. The van der Waals surface area contributed by atoms with Crippen LogP contribution in [0.5, 0.6) is 5.75 Å². The second kappa shape index (κ2) is 16.5. The topological polar surface area (TPSA) is 164 Å². The molecule has 0 radical (unpaired) electrons. The molecule has 1 aliphatic heterocycles. The second-order valence-corrected chi connectivity index (χ2v) is 14.6. The van der Waals surface area contributed by atoms with Crippen LogP contribution < -0.4 is 14.8 Å². The van der Waals surface area contributed by atoms with Crippen LogP contribution in [-0.4, -0.2) is 92.0 Å². The number of aromatic nitrogens is 1. The minimum atomic E-state index is -3.94. The largest absolute Gasteiger partial charge is 0.490 e. The zero-order valence-corrected chi connectivity index (χ0v) is 30.2. The third-order valence-electron chi connectivity index (χ3n) is 8.70. The zero-order valence-electron chi connectivity index (χ0n) is 29.4. The van der Waals surface area contributed by atoms with Gasteiger partial charge in [-0.2, -0.15) is 0 Å². The molecule has 13 nitrogen and oxygen atoms in total. The number of aryl methyl sites for hydroxylation is 3. The van der Waals surface area contributed by atoms with Crippen LogP contribution in [0.4, 0.5) is 16.2 Å². The summed E-state index contributed by atoms with van der Waals surface area (Å²) in [6.45, 7) is 11.5. The normalized spacial score (nSPS) is 20.0. The SMILES string of the molecule is Cc1ccc(S(=O)(=O)Nc2ccc3c(c2)C(=O)N([C@H](C)CO)C[C@H](C)[C@H](CN(C)C(=O)Nc2c(C)noc2C)OCCCC[C@H](C)O3)cc1. The van der Waals surface area contributed by atoms with E-state index in [-0.39, 0.29) is 53.9 Å². The summed E-state index contributed by atoms with van der Waals surface area (Å²) in [5.74, 6) is 0.104. The smallest absolute Gasteiger partial charge is 0.321 e. The molecule has 3 aromatic rings. The predicted molar refractivity (Wildman–Crippen MR) is 186 cm³/mol. The minimum Gasteiger partial charge on any atom is -0.490 e. The summed E-state index contributed by atoms with van der Waals surface area (Å²) in [5.41, 5.74) is 2.37. The lowest BCUT2D eigenvalue weighted by Crippen LogP contribution is -2.48. The molecular weight excluding hydrogens is 650 g/mol. The van der Waals surface area contributed by atoms with Gasteiger partial charge in [-0.15, -0.1) is 0 Å². The number of rotatable bonds is 8. The van der Waals surface area contributed by atoms with E-state index in [0.29, 0.717) is 35.9 Å². The van der Waals surface area contributed by atoms with Crippen molar-refractivity contribution in [2.75, 3.05) is 43.4 Å². The van der Waals surface area contributed by atoms with E-state index in [0.717, 1.165) is 18.4 Å². The van der Waals surface area contributed by atoms with Crippen LogP contribution in [0, 0.1) is 26.7 Å². The lowest BCUT2D eigenvalue weighted by Gasteiger charge is -2.35. The standard InChI is InChI=1S/C35H49N5O8S/c1-22-11-14-29(15-12-22)49(44,45)38-28-13-16-31-30(18-28)34(42)40(24(3)21-41)19-23(2)32(46-17-9-8-10-25(4)47-31)20-39(7)35(43)36-33-26(5)37-48-27(33)6/h11-16,18,23-25,32,38,41H,8-10,17,19-21H2,1-7H3,(H,36,43)/t23-,24+,25-,32-/m0/s1. The maximum absolute atomic E-state index is 14.4. The Hall–Kier alpha value is -4.14. The Labute approximate surface area is 289 Å². The van der Waals surface area contributed by atoms with E-state index in [1.54, 1.807) is 57.0 Å². The summed E-state index contributed by atoms with van der Waals surface area (Å²) in [6, 6.07) is 10.2. The van der Waals surface area contributed by atoms with Crippen molar-refractivity contribution in [3.05, 3.63) is 65.0 Å². The molecule has 14 heteroatoms. The van der Waals surface area contributed by atoms with Gasteiger partial charge in [0.1, 0.15) is 17.1 Å². The van der Waals surface area contributed by atoms with Gasteiger partial charge < -0.3 is 34.2 Å². The molecule has 49 heavy (non-hydrogen) atoms. The van der Waals surface area contributed by atoms with Crippen molar-refractivity contribution in [1.82, 2.24) is 15.0 Å². The Morgan fingerprint density at radius 1 is 1.12 bits per heavy atom. The van der Waals surface area contributed by atoms with Crippen molar-refractivity contribution in [1.29, 1.82) is 0 Å². The molecule has 3 amide bonds. The highest BCUT2D eigenvalue weighted by Gasteiger charge is 2.31. The summed E-state index contributed by atoms with van der Waals surface area (Å²) >= 11 is 0.